The van der Waals surface area contributed by atoms with Gasteiger partial charge >= 0.3 is 0 Å². The van der Waals surface area contributed by atoms with Crippen LogP contribution in [0.5, 0.6) is 5.75 Å². The number of pyridine rings is 1. The topological polar surface area (TPSA) is 34.1 Å². The summed E-state index contributed by atoms with van der Waals surface area (Å²) >= 11 is 2.20. The summed E-state index contributed by atoms with van der Waals surface area (Å²) in [4.78, 5) is 4.25. The van der Waals surface area contributed by atoms with Crippen molar-refractivity contribution in [1.29, 1.82) is 0 Å². The summed E-state index contributed by atoms with van der Waals surface area (Å²) < 4.78 is 7.02. The zero-order valence-electron chi connectivity index (χ0n) is 10.8. The van der Waals surface area contributed by atoms with Gasteiger partial charge in [-0.1, -0.05) is 30.3 Å². The Morgan fingerprint density at radius 3 is 2.68 bits per heavy atom. The molecule has 0 fully saturated rings. The van der Waals surface area contributed by atoms with Crippen LogP contribution >= 0.6 is 22.6 Å². The highest BCUT2D eigenvalue weighted by molar-refractivity contribution is 14.1. The van der Waals surface area contributed by atoms with Gasteiger partial charge in [0, 0.05) is 12.6 Å². The zero-order chi connectivity index (χ0) is 13.5. The van der Waals surface area contributed by atoms with Crippen molar-refractivity contribution in [3.05, 3.63) is 57.9 Å². The van der Waals surface area contributed by atoms with E-state index in [0.29, 0.717) is 0 Å². The van der Waals surface area contributed by atoms with Crippen LogP contribution in [0.15, 0.2) is 48.7 Å². The van der Waals surface area contributed by atoms with Crippen molar-refractivity contribution in [2.75, 3.05) is 13.6 Å². The summed E-state index contributed by atoms with van der Waals surface area (Å²) in [6, 6.07) is 14.2. The molecule has 0 aliphatic rings. The molecule has 0 radical (unpaired) electrons. The van der Waals surface area contributed by atoms with E-state index in [-0.39, 0.29) is 6.10 Å². The summed E-state index contributed by atoms with van der Waals surface area (Å²) in [5.41, 5.74) is 1.19. The predicted octanol–water partition coefficient (Wildman–Crippen LogP) is 3.42. The lowest BCUT2D eigenvalue weighted by Gasteiger charge is -2.20. The van der Waals surface area contributed by atoms with Crippen LogP contribution in [-0.4, -0.2) is 18.6 Å². The molecule has 1 aromatic heterocycles. The smallest absolute Gasteiger partial charge is 0.152 e. The van der Waals surface area contributed by atoms with Crippen LogP contribution in [0.25, 0.3) is 0 Å². The molecule has 2 rings (SSSR count). The van der Waals surface area contributed by atoms with E-state index in [1.807, 2.05) is 37.4 Å². The number of hydrogen-bond donors (Lipinski definition) is 1. The first-order chi connectivity index (χ1) is 9.31. The van der Waals surface area contributed by atoms with Gasteiger partial charge in [-0.3, -0.25) is 0 Å². The Labute approximate surface area is 127 Å². The first kappa shape index (κ1) is 14.3. The first-order valence-corrected chi connectivity index (χ1v) is 7.36. The van der Waals surface area contributed by atoms with Crippen molar-refractivity contribution < 1.29 is 4.74 Å². The lowest BCUT2D eigenvalue weighted by molar-refractivity contribution is 0.192. The van der Waals surface area contributed by atoms with Gasteiger partial charge in [0.05, 0.1) is 0 Å². The third-order valence-corrected chi connectivity index (χ3v) is 3.63. The molecule has 1 aromatic carbocycles. The number of halogens is 1. The molecule has 19 heavy (non-hydrogen) atoms. The maximum Gasteiger partial charge on any atom is 0.152 e. The molecule has 0 amide bonds. The largest absolute Gasteiger partial charge is 0.483 e. The van der Waals surface area contributed by atoms with Crippen molar-refractivity contribution in [3.63, 3.8) is 0 Å². The number of benzene rings is 1. The highest BCUT2D eigenvalue weighted by atomic mass is 127. The predicted molar refractivity (Wildman–Crippen MR) is 85.3 cm³/mol. The van der Waals surface area contributed by atoms with Gasteiger partial charge in [-0.05, 0) is 53.9 Å². The van der Waals surface area contributed by atoms with Crippen molar-refractivity contribution in [2.45, 2.75) is 12.5 Å². The normalized spacial score (nSPS) is 12.1. The Bertz CT molecular complexity index is 505. The molecule has 0 saturated carbocycles. The van der Waals surface area contributed by atoms with Crippen molar-refractivity contribution in [3.8, 4) is 5.75 Å². The number of nitrogens with zero attached hydrogens (tertiary/aromatic N) is 1. The molecule has 100 valence electrons. The minimum absolute atomic E-state index is 0.0476. The minimum atomic E-state index is 0.0476. The van der Waals surface area contributed by atoms with Crippen LogP contribution in [0.2, 0.25) is 0 Å². The first-order valence-electron chi connectivity index (χ1n) is 6.28. The number of nitrogens with one attached hydrogen (secondary N) is 1. The molecule has 1 N–H and O–H groups in total. The zero-order valence-corrected chi connectivity index (χ0v) is 13.0. The molecule has 0 unspecified atom stereocenters. The summed E-state index contributed by atoms with van der Waals surface area (Å²) in [7, 11) is 1.95. The molecule has 2 aromatic rings. The number of hydrogen-bond acceptors (Lipinski definition) is 3. The van der Waals surface area contributed by atoms with E-state index in [2.05, 4.69) is 45.0 Å². The Hall–Kier alpha value is -1.14. The SMILES string of the molecule is CNCC[C@@H](Oc1cccnc1I)c1ccccc1. The number of ether oxygens (including phenoxy) is 1. The molecular weight excluding hydrogens is 351 g/mol. The van der Waals surface area contributed by atoms with Crippen molar-refractivity contribution in [2.24, 2.45) is 0 Å². The highest BCUT2D eigenvalue weighted by Gasteiger charge is 2.14. The van der Waals surface area contributed by atoms with Crippen LogP contribution in [0.3, 0.4) is 0 Å². The maximum absolute atomic E-state index is 6.12. The van der Waals surface area contributed by atoms with Crippen LogP contribution in [-0.2, 0) is 0 Å². The van der Waals surface area contributed by atoms with Crippen LogP contribution in [0.4, 0.5) is 0 Å². The van der Waals surface area contributed by atoms with Crippen LogP contribution in [0.1, 0.15) is 18.1 Å². The van der Waals surface area contributed by atoms with E-state index < -0.39 is 0 Å². The molecule has 1 atom stereocenters. The summed E-state index contributed by atoms with van der Waals surface area (Å²) in [6.45, 7) is 0.913. The monoisotopic (exact) mass is 368 g/mol. The lowest BCUT2D eigenvalue weighted by atomic mass is 10.1. The molecule has 0 aliphatic heterocycles. The van der Waals surface area contributed by atoms with Gasteiger partial charge in [0.2, 0.25) is 0 Å². The lowest BCUT2D eigenvalue weighted by Crippen LogP contribution is -2.16. The molecule has 0 bridgehead atoms. The Balaban J connectivity index is 2.17. The molecule has 1 heterocycles. The average molecular weight is 368 g/mol. The third kappa shape index (κ3) is 4.18. The minimum Gasteiger partial charge on any atom is -0.483 e. The second-order valence-electron chi connectivity index (χ2n) is 4.20. The molecule has 4 heteroatoms. The maximum atomic E-state index is 6.12. The van der Waals surface area contributed by atoms with E-state index in [1.54, 1.807) is 6.20 Å². The summed E-state index contributed by atoms with van der Waals surface area (Å²) in [5, 5.41) is 3.17. The van der Waals surface area contributed by atoms with Crippen LogP contribution in [0, 0.1) is 3.70 Å². The van der Waals surface area contributed by atoms with Gasteiger partial charge in [-0.2, -0.15) is 0 Å². The van der Waals surface area contributed by atoms with E-state index in [0.717, 1.165) is 22.4 Å². The summed E-state index contributed by atoms with van der Waals surface area (Å²) in [5.74, 6) is 0.841. The van der Waals surface area contributed by atoms with E-state index in [9.17, 15) is 0 Å². The Morgan fingerprint density at radius 1 is 1.21 bits per heavy atom. The third-order valence-electron chi connectivity index (χ3n) is 2.82. The Morgan fingerprint density at radius 2 is 2.00 bits per heavy atom. The molecule has 0 saturated heterocycles. The van der Waals surface area contributed by atoms with Gasteiger partial charge < -0.3 is 10.1 Å². The van der Waals surface area contributed by atoms with E-state index in [1.165, 1.54) is 5.56 Å². The van der Waals surface area contributed by atoms with Gasteiger partial charge in [-0.25, -0.2) is 4.98 Å². The second-order valence-corrected chi connectivity index (χ2v) is 5.22. The fourth-order valence-corrected chi connectivity index (χ4v) is 2.32. The standard InChI is InChI=1S/C15H17IN2O/c1-17-11-9-13(12-6-3-2-4-7-12)19-14-8-5-10-18-15(14)16/h2-8,10,13,17H,9,11H2,1H3/t13-/m1/s1. The highest BCUT2D eigenvalue weighted by Crippen LogP contribution is 2.27. The molecular formula is C15H17IN2O. The van der Waals surface area contributed by atoms with Gasteiger partial charge in [0.15, 0.2) is 5.75 Å². The molecule has 0 spiro atoms. The summed E-state index contributed by atoms with van der Waals surface area (Å²) in [6.07, 6.45) is 2.75. The molecule has 0 aliphatic carbocycles. The fraction of sp³-hybridized carbons (Fsp3) is 0.267. The number of aromatic nitrogens is 1. The van der Waals surface area contributed by atoms with E-state index in [4.69, 9.17) is 4.74 Å². The van der Waals surface area contributed by atoms with Gasteiger partial charge in [0.25, 0.3) is 0 Å². The van der Waals surface area contributed by atoms with Crippen LogP contribution < -0.4 is 10.1 Å². The Kier molecular flexibility index (Phi) is 5.60. The van der Waals surface area contributed by atoms with Crippen molar-refractivity contribution >= 4 is 22.6 Å². The van der Waals surface area contributed by atoms with Gasteiger partial charge in [-0.15, -0.1) is 0 Å². The quantitative estimate of drug-likeness (QED) is 0.627. The van der Waals surface area contributed by atoms with Gasteiger partial charge in [0.1, 0.15) is 9.80 Å². The average Bonchev–Trinajstić information content (AvgIpc) is 2.46. The second kappa shape index (κ2) is 7.45. The van der Waals surface area contributed by atoms with Crippen molar-refractivity contribution in [1.82, 2.24) is 10.3 Å². The number of rotatable bonds is 6. The van der Waals surface area contributed by atoms with E-state index >= 15 is 0 Å². The fourth-order valence-electron chi connectivity index (χ4n) is 1.85. The molecule has 3 nitrogen and oxygen atoms in total.